The molecule has 0 bridgehead atoms. The van der Waals surface area contributed by atoms with Gasteiger partial charge in [-0.2, -0.15) is 0 Å². The van der Waals surface area contributed by atoms with E-state index in [-0.39, 0.29) is 41.0 Å². The minimum Gasteiger partial charge on any atom is -0.846 e. The van der Waals surface area contributed by atoms with Crippen molar-refractivity contribution in [2.75, 3.05) is 6.61 Å². The van der Waals surface area contributed by atoms with E-state index in [0.717, 1.165) is 12.8 Å². The Morgan fingerprint density at radius 2 is 1.90 bits per heavy atom. The minimum absolute atomic E-state index is 0. The van der Waals surface area contributed by atoms with Crippen molar-refractivity contribution in [2.24, 2.45) is 16.3 Å². The molecular weight excluding hydrogens is 387 g/mol. The summed E-state index contributed by atoms with van der Waals surface area (Å²) >= 11 is 0. The number of nitrogens with one attached hydrogen (secondary N) is 1. The molecule has 8 nitrogen and oxygen atoms in total. The van der Waals surface area contributed by atoms with E-state index in [1.54, 1.807) is 25.1 Å². The molecule has 2 atom stereocenters. The molecule has 29 heavy (non-hydrogen) atoms. The van der Waals surface area contributed by atoms with E-state index in [9.17, 15) is 19.5 Å². The van der Waals surface area contributed by atoms with Gasteiger partial charge >= 0.3 is 35.5 Å². The number of para-hydroxylation sites is 1. The second-order valence-corrected chi connectivity index (χ2v) is 6.43. The number of ether oxygens (including phenoxy) is 1. The van der Waals surface area contributed by atoms with Gasteiger partial charge in [0.15, 0.2) is 0 Å². The zero-order chi connectivity index (χ0) is 21.3. The van der Waals surface area contributed by atoms with E-state index in [4.69, 9.17) is 9.84 Å². The molecule has 0 spiro atoms. The van der Waals surface area contributed by atoms with Gasteiger partial charge in [-0.3, -0.25) is 9.59 Å². The third-order valence-electron chi connectivity index (χ3n) is 4.75. The number of amides is 2. The van der Waals surface area contributed by atoms with Crippen LogP contribution in [0.2, 0.25) is 0 Å². The van der Waals surface area contributed by atoms with Crippen molar-refractivity contribution in [3.8, 4) is 5.75 Å². The van der Waals surface area contributed by atoms with Crippen LogP contribution in [0.3, 0.4) is 0 Å². The summed E-state index contributed by atoms with van der Waals surface area (Å²) in [5.41, 5.74) is -0.941. The predicted octanol–water partition coefficient (Wildman–Crippen LogP) is -1.02. The number of hydrogen-bond acceptors (Lipinski definition) is 5. The molecule has 2 unspecified atom stereocenters. The number of carboxylic acid groups (broad SMARTS) is 1. The first kappa shape index (κ1) is 27.1. The maximum absolute atomic E-state index is 11.9. The molecule has 154 valence electrons. The SMILES string of the molecule is CCCC(C)C1(CC)C(=O)N=C([O-])NC1=O.CCOc1ccccc1C(=O)O.[Na+]. The molecule has 1 aliphatic rings. The maximum Gasteiger partial charge on any atom is 1.00 e. The molecule has 9 heteroatoms. The van der Waals surface area contributed by atoms with Gasteiger partial charge in [-0.05, 0) is 37.8 Å². The summed E-state index contributed by atoms with van der Waals surface area (Å²) in [5.74, 6) is -1.73. The second-order valence-electron chi connectivity index (χ2n) is 6.43. The van der Waals surface area contributed by atoms with Crippen LogP contribution in [0.1, 0.15) is 57.3 Å². The van der Waals surface area contributed by atoms with Crippen molar-refractivity contribution in [1.82, 2.24) is 5.32 Å². The number of carbonyl (C=O) groups is 3. The van der Waals surface area contributed by atoms with Crippen molar-refractivity contribution in [3.05, 3.63) is 29.8 Å². The van der Waals surface area contributed by atoms with Gasteiger partial charge in [0.25, 0.3) is 5.91 Å². The summed E-state index contributed by atoms with van der Waals surface area (Å²) in [7, 11) is 0. The van der Waals surface area contributed by atoms with E-state index < -0.39 is 29.2 Å². The van der Waals surface area contributed by atoms with E-state index in [2.05, 4.69) is 10.3 Å². The van der Waals surface area contributed by atoms with Crippen LogP contribution in [-0.4, -0.2) is 35.5 Å². The molecule has 1 heterocycles. The van der Waals surface area contributed by atoms with E-state index >= 15 is 0 Å². The first-order valence-corrected chi connectivity index (χ1v) is 9.31. The molecule has 0 radical (unpaired) electrons. The fourth-order valence-electron chi connectivity index (χ4n) is 3.22. The number of hydrogen-bond donors (Lipinski definition) is 2. The van der Waals surface area contributed by atoms with Crippen molar-refractivity contribution in [3.63, 3.8) is 0 Å². The number of carboxylic acids is 1. The van der Waals surface area contributed by atoms with Gasteiger partial charge in [0.2, 0.25) is 5.91 Å². The Kier molecular flexibility index (Phi) is 11.8. The molecule has 0 saturated heterocycles. The Bertz CT molecular complexity index is 752. The second kappa shape index (κ2) is 12.6. The Morgan fingerprint density at radius 3 is 2.38 bits per heavy atom. The zero-order valence-corrected chi connectivity index (χ0v) is 19.7. The van der Waals surface area contributed by atoms with Crippen LogP contribution in [0.4, 0.5) is 0 Å². The summed E-state index contributed by atoms with van der Waals surface area (Å²) in [6.07, 6.45) is 2.02. The van der Waals surface area contributed by atoms with Gasteiger partial charge in [-0.1, -0.05) is 39.3 Å². The summed E-state index contributed by atoms with van der Waals surface area (Å²) in [6, 6.07) is 5.74. The molecule has 0 saturated carbocycles. The number of benzene rings is 1. The molecule has 2 amide bonds. The van der Waals surface area contributed by atoms with Crippen LogP contribution >= 0.6 is 0 Å². The summed E-state index contributed by atoms with van der Waals surface area (Å²) in [5, 5.41) is 21.8. The van der Waals surface area contributed by atoms with Crippen molar-refractivity contribution >= 4 is 23.8 Å². The van der Waals surface area contributed by atoms with Crippen molar-refractivity contribution < 1.29 is 58.9 Å². The molecule has 0 aromatic heterocycles. The Morgan fingerprint density at radius 1 is 1.28 bits per heavy atom. The fraction of sp³-hybridized carbons (Fsp3) is 0.500. The van der Waals surface area contributed by atoms with Gasteiger partial charge < -0.3 is 20.3 Å². The first-order valence-electron chi connectivity index (χ1n) is 9.31. The normalized spacial score (nSPS) is 19.0. The van der Waals surface area contributed by atoms with Gasteiger partial charge in [-0.15, -0.1) is 0 Å². The number of carbonyl (C=O) groups excluding carboxylic acids is 2. The molecule has 2 N–H and O–H groups in total. The van der Waals surface area contributed by atoms with Crippen molar-refractivity contribution in [1.29, 1.82) is 0 Å². The van der Waals surface area contributed by atoms with E-state index in [1.807, 2.05) is 20.8 Å². The van der Waals surface area contributed by atoms with E-state index in [0.29, 0.717) is 18.8 Å². The van der Waals surface area contributed by atoms with Crippen molar-refractivity contribution in [2.45, 2.75) is 47.0 Å². The maximum atomic E-state index is 11.9. The average molecular weight is 414 g/mol. The van der Waals surface area contributed by atoms with Crippen LogP contribution in [0.25, 0.3) is 0 Å². The standard InChI is InChI=1S/C11H18N2O3.C9H10O3.Na/c1-4-6-7(3)11(5-2)8(14)12-10(16)13-9(11)15;1-2-12-8-6-4-3-5-7(8)9(10)11;/h7H,4-6H2,1-3H3,(H2,12,13,14,15,16);3-6H,2H2,1H3,(H,10,11);/q;;+1/p-1. The van der Waals surface area contributed by atoms with Crippen LogP contribution in [-0.2, 0) is 9.59 Å². The largest absolute Gasteiger partial charge is 1.00 e. The van der Waals surface area contributed by atoms with Crippen LogP contribution in [0.5, 0.6) is 5.75 Å². The average Bonchev–Trinajstić information content (AvgIpc) is 2.63. The Labute approximate surface area is 193 Å². The monoisotopic (exact) mass is 414 g/mol. The number of rotatable bonds is 7. The van der Waals surface area contributed by atoms with Gasteiger partial charge in [-0.25, -0.2) is 9.79 Å². The Balaban J connectivity index is 0.000000542. The van der Waals surface area contributed by atoms with Crippen LogP contribution < -0.4 is 44.7 Å². The summed E-state index contributed by atoms with van der Waals surface area (Å²) < 4.78 is 5.12. The molecule has 1 aliphatic heterocycles. The smallest absolute Gasteiger partial charge is 0.846 e. The number of aliphatic imine (C=N–C) groups is 1. The quantitative estimate of drug-likeness (QED) is 0.434. The predicted molar refractivity (Wildman–Crippen MR) is 102 cm³/mol. The molecule has 0 fully saturated rings. The number of aromatic carboxylic acids is 1. The fourth-order valence-corrected chi connectivity index (χ4v) is 3.22. The third-order valence-corrected chi connectivity index (χ3v) is 4.75. The molecule has 2 rings (SSSR count). The van der Waals surface area contributed by atoms with Gasteiger partial charge in [0.1, 0.15) is 16.7 Å². The summed E-state index contributed by atoms with van der Waals surface area (Å²) in [4.78, 5) is 37.7. The van der Waals surface area contributed by atoms with Gasteiger partial charge in [0.05, 0.1) is 12.6 Å². The molecule has 1 aromatic rings. The first-order chi connectivity index (χ1) is 13.2. The summed E-state index contributed by atoms with van der Waals surface area (Å²) in [6.45, 7) is 7.92. The molecule has 0 aliphatic carbocycles. The number of nitrogens with zero attached hydrogens (tertiary/aromatic N) is 1. The number of amidine groups is 1. The van der Waals surface area contributed by atoms with Gasteiger partial charge in [0, 0.05) is 0 Å². The third kappa shape index (κ3) is 6.55. The molecular formula is C20H27N2NaO6. The van der Waals surface area contributed by atoms with Crippen LogP contribution in [0.15, 0.2) is 29.3 Å². The minimum atomic E-state index is -1.15. The topological polar surface area (TPSA) is 128 Å². The van der Waals surface area contributed by atoms with E-state index in [1.165, 1.54) is 6.07 Å². The van der Waals surface area contributed by atoms with Crippen LogP contribution in [0, 0.1) is 11.3 Å². The Hall–Kier alpha value is -1.90. The molecule has 1 aromatic carbocycles. The zero-order valence-electron chi connectivity index (χ0n) is 17.7.